The number of piperidine rings is 2. The average Bonchev–Trinajstić information content (AvgIpc) is 2.68. The molecule has 1 aromatic carbocycles. The van der Waals surface area contributed by atoms with Crippen molar-refractivity contribution in [1.29, 1.82) is 0 Å². The summed E-state index contributed by atoms with van der Waals surface area (Å²) in [6.07, 6.45) is 14.6. The molecule has 0 spiro atoms. The molecule has 30 heavy (non-hydrogen) atoms. The van der Waals surface area contributed by atoms with Crippen LogP contribution < -0.4 is 4.90 Å². The van der Waals surface area contributed by atoms with Crippen molar-refractivity contribution in [3.05, 3.63) is 30.3 Å². The molecule has 2 heterocycles. The summed E-state index contributed by atoms with van der Waals surface area (Å²) in [5.41, 5.74) is 0.839. The van der Waals surface area contributed by atoms with Gasteiger partial charge in [0.2, 0.25) is 5.91 Å². The number of para-hydroxylation sites is 1. The predicted octanol–water partition coefficient (Wildman–Crippen LogP) is 4.99. The quantitative estimate of drug-likeness (QED) is 0.692. The van der Waals surface area contributed by atoms with Gasteiger partial charge in [-0.25, -0.2) is 0 Å². The normalized spacial score (nSPS) is 28.3. The Hall–Kier alpha value is -1.88. The summed E-state index contributed by atoms with van der Waals surface area (Å²) in [7, 11) is 0. The molecule has 2 bridgehead atoms. The van der Waals surface area contributed by atoms with E-state index in [1.54, 1.807) is 0 Å². The molecule has 1 unspecified atom stereocenters. The van der Waals surface area contributed by atoms with Gasteiger partial charge in [-0.3, -0.25) is 14.5 Å². The highest BCUT2D eigenvalue weighted by molar-refractivity contribution is 6.03. The summed E-state index contributed by atoms with van der Waals surface area (Å²) < 4.78 is 0. The van der Waals surface area contributed by atoms with E-state index in [4.69, 9.17) is 0 Å². The number of rotatable bonds is 5. The number of fused-ring (bicyclic) bond motifs is 2. The maximum absolute atomic E-state index is 13.0. The van der Waals surface area contributed by atoms with E-state index >= 15 is 0 Å². The Bertz CT molecular complexity index is 700. The molecule has 0 radical (unpaired) electrons. The number of nitrogens with zero attached hydrogens (tertiary/aromatic N) is 2. The lowest BCUT2D eigenvalue weighted by atomic mass is 9.78. The average molecular weight is 413 g/mol. The van der Waals surface area contributed by atoms with Crippen LogP contribution in [0.25, 0.3) is 0 Å². The van der Waals surface area contributed by atoms with Crippen molar-refractivity contribution in [1.82, 2.24) is 4.90 Å². The van der Waals surface area contributed by atoms with E-state index in [2.05, 4.69) is 4.90 Å². The summed E-state index contributed by atoms with van der Waals surface area (Å²) in [5.74, 6) is -1.33. The molecule has 3 atom stereocenters. The molecule has 0 aromatic heterocycles. The molecular weight excluding hydrogens is 376 g/mol. The number of carboxylic acids is 1. The summed E-state index contributed by atoms with van der Waals surface area (Å²) in [6, 6.07) is 11.5. The summed E-state index contributed by atoms with van der Waals surface area (Å²) in [6.45, 7) is 0. The summed E-state index contributed by atoms with van der Waals surface area (Å²) in [5, 5.41) is 9.25. The number of amides is 1. The number of anilines is 1. The standard InChI is InChI=1S/C25H36N2O3/c28-24(18-25(29)30)27(20-12-7-4-8-13-20)23-16-21-14-9-15-22(17-23)26(21)19-10-5-2-1-3-6-11-19/h4,7-8,12-13,19,21-23H,1-3,5-6,9-11,14-18H2,(H,29,30)/t21-,22+,23?. The van der Waals surface area contributed by atoms with Gasteiger partial charge in [0.15, 0.2) is 0 Å². The van der Waals surface area contributed by atoms with Gasteiger partial charge in [0.05, 0.1) is 0 Å². The van der Waals surface area contributed by atoms with Crippen molar-refractivity contribution in [3.8, 4) is 0 Å². The molecule has 1 amide bonds. The first-order chi connectivity index (χ1) is 14.6. The second-order valence-electron chi connectivity index (χ2n) is 9.48. The van der Waals surface area contributed by atoms with Crippen LogP contribution in [0.1, 0.15) is 83.5 Å². The van der Waals surface area contributed by atoms with Crippen LogP contribution in [-0.2, 0) is 9.59 Å². The Labute approximate surface area is 180 Å². The zero-order chi connectivity index (χ0) is 20.9. The van der Waals surface area contributed by atoms with Gasteiger partial charge in [0.25, 0.3) is 0 Å². The van der Waals surface area contributed by atoms with E-state index in [0.29, 0.717) is 18.1 Å². The molecule has 1 N–H and O–H groups in total. The second kappa shape index (κ2) is 9.95. The first-order valence-corrected chi connectivity index (χ1v) is 12.0. The van der Waals surface area contributed by atoms with Gasteiger partial charge in [-0.15, -0.1) is 0 Å². The highest BCUT2D eigenvalue weighted by atomic mass is 16.4. The third-order valence-corrected chi connectivity index (χ3v) is 7.47. The first kappa shape index (κ1) is 21.4. The Morgan fingerprint density at radius 2 is 1.40 bits per heavy atom. The number of hydrogen-bond donors (Lipinski definition) is 1. The van der Waals surface area contributed by atoms with Gasteiger partial charge in [-0.2, -0.15) is 0 Å². The van der Waals surface area contributed by atoms with E-state index in [1.165, 1.54) is 64.2 Å². The van der Waals surface area contributed by atoms with Crippen LogP contribution in [0.5, 0.6) is 0 Å². The zero-order valence-electron chi connectivity index (χ0n) is 18.0. The molecular formula is C25H36N2O3. The number of hydrogen-bond acceptors (Lipinski definition) is 3. The van der Waals surface area contributed by atoms with Crippen LogP contribution in [-0.4, -0.2) is 46.1 Å². The van der Waals surface area contributed by atoms with Gasteiger partial charge < -0.3 is 10.0 Å². The van der Waals surface area contributed by atoms with Crippen LogP contribution in [0.3, 0.4) is 0 Å². The molecule has 5 nitrogen and oxygen atoms in total. The second-order valence-corrected chi connectivity index (χ2v) is 9.48. The largest absolute Gasteiger partial charge is 0.481 e. The Morgan fingerprint density at radius 1 is 0.833 bits per heavy atom. The SMILES string of the molecule is O=C(O)CC(=O)N(c1ccccc1)C1C[C@H]2CCC[C@@H](C1)N2C1CCCCCCC1. The lowest BCUT2D eigenvalue weighted by molar-refractivity contribution is -0.140. The number of carbonyl (C=O) groups excluding carboxylic acids is 1. The molecule has 1 saturated carbocycles. The topological polar surface area (TPSA) is 60.9 Å². The molecule has 2 aliphatic heterocycles. The van der Waals surface area contributed by atoms with Crippen LogP contribution in [0, 0.1) is 0 Å². The highest BCUT2D eigenvalue weighted by Crippen LogP contribution is 2.41. The van der Waals surface area contributed by atoms with Gasteiger partial charge in [-0.05, 0) is 50.7 Å². The number of aliphatic carboxylic acids is 1. The van der Waals surface area contributed by atoms with Crippen LogP contribution in [0.15, 0.2) is 30.3 Å². The van der Waals surface area contributed by atoms with Crippen molar-refractivity contribution < 1.29 is 14.7 Å². The molecule has 1 aromatic rings. The fourth-order valence-electron chi connectivity index (χ4n) is 6.29. The molecule has 164 valence electrons. The predicted molar refractivity (Wildman–Crippen MR) is 119 cm³/mol. The van der Waals surface area contributed by atoms with E-state index in [0.717, 1.165) is 18.5 Å². The smallest absolute Gasteiger partial charge is 0.312 e. The third-order valence-electron chi connectivity index (χ3n) is 7.47. The van der Waals surface area contributed by atoms with Crippen molar-refractivity contribution in [2.24, 2.45) is 0 Å². The fraction of sp³-hybridized carbons (Fsp3) is 0.680. The Kier molecular flexibility index (Phi) is 7.08. The molecule has 5 heteroatoms. The monoisotopic (exact) mass is 412 g/mol. The molecule has 2 saturated heterocycles. The van der Waals surface area contributed by atoms with Gasteiger partial charge >= 0.3 is 5.97 Å². The van der Waals surface area contributed by atoms with E-state index < -0.39 is 12.4 Å². The minimum Gasteiger partial charge on any atom is -0.481 e. The summed E-state index contributed by atoms with van der Waals surface area (Å²) in [4.78, 5) is 28.9. The van der Waals surface area contributed by atoms with E-state index in [9.17, 15) is 14.7 Å². The van der Waals surface area contributed by atoms with Crippen molar-refractivity contribution >= 4 is 17.6 Å². The summed E-state index contributed by atoms with van der Waals surface area (Å²) >= 11 is 0. The van der Waals surface area contributed by atoms with Crippen molar-refractivity contribution in [3.63, 3.8) is 0 Å². The van der Waals surface area contributed by atoms with Crippen LogP contribution >= 0.6 is 0 Å². The molecule has 4 rings (SSSR count). The van der Waals surface area contributed by atoms with Gasteiger partial charge in [0.1, 0.15) is 6.42 Å². The lowest BCUT2D eigenvalue weighted by Crippen LogP contribution is -2.61. The first-order valence-electron chi connectivity index (χ1n) is 12.0. The van der Waals surface area contributed by atoms with E-state index in [-0.39, 0.29) is 11.9 Å². The molecule has 3 fully saturated rings. The van der Waals surface area contributed by atoms with Crippen LogP contribution in [0.4, 0.5) is 5.69 Å². The van der Waals surface area contributed by atoms with Gasteiger partial charge in [-0.1, -0.05) is 56.7 Å². The fourth-order valence-corrected chi connectivity index (χ4v) is 6.29. The Morgan fingerprint density at radius 3 is 2.00 bits per heavy atom. The zero-order valence-corrected chi connectivity index (χ0v) is 18.0. The number of carbonyl (C=O) groups is 2. The minimum atomic E-state index is -1.05. The maximum Gasteiger partial charge on any atom is 0.312 e. The van der Waals surface area contributed by atoms with E-state index in [1.807, 2.05) is 35.2 Å². The minimum absolute atomic E-state index is 0.0966. The van der Waals surface area contributed by atoms with Crippen molar-refractivity contribution in [2.75, 3.05) is 4.90 Å². The van der Waals surface area contributed by atoms with Crippen molar-refractivity contribution in [2.45, 2.75) is 108 Å². The number of carboxylic acid groups (broad SMARTS) is 1. The van der Waals surface area contributed by atoms with Crippen LogP contribution in [0.2, 0.25) is 0 Å². The maximum atomic E-state index is 13.0. The lowest BCUT2D eigenvalue weighted by Gasteiger charge is -2.54. The number of benzene rings is 1. The third kappa shape index (κ3) is 4.88. The van der Waals surface area contributed by atoms with Gasteiger partial charge in [0, 0.05) is 29.9 Å². The highest BCUT2D eigenvalue weighted by Gasteiger charge is 2.44. The Balaban J connectivity index is 1.55. The molecule has 1 aliphatic carbocycles. The molecule has 3 aliphatic rings.